The fourth-order valence-electron chi connectivity index (χ4n) is 1.39. The Morgan fingerprint density at radius 2 is 2.35 bits per heavy atom. The molecule has 2 aromatic rings. The van der Waals surface area contributed by atoms with Crippen LogP contribution >= 0.6 is 12.2 Å². The van der Waals surface area contributed by atoms with Gasteiger partial charge in [0.1, 0.15) is 17.1 Å². The Hall–Kier alpha value is -2.08. The van der Waals surface area contributed by atoms with Crippen molar-refractivity contribution in [3.63, 3.8) is 0 Å². The van der Waals surface area contributed by atoms with Crippen LogP contribution in [0.2, 0.25) is 0 Å². The number of hydrazone groups is 1. The zero-order valence-corrected chi connectivity index (χ0v) is 9.95. The molecule has 0 unspecified atom stereocenters. The second-order valence-electron chi connectivity index (χ2n) is 3.29. The van der Waals surface area contributed by atoms with Crippen molar-refractivity contribution in [2.24, 2.45) is 10.8 Å². The van der Waals surface area contributed by atoms with E-state index in [2.05, 4.69) is 22.7 Å². The number of nitrogens with two attached hydrogens (primary N) is 1. The number of rotatable bonds is 3. The molecule has 17 heavy (non-hydrogen) atoms. The first-order valence-electron chi connectivity index (χ1n) is 4.85. The molecule has 0 fully saturated rings. The summed E-state index contributed by atoms with van der Waals surface area (Å²) in [6.07, 6.45) is 1.51. The number of hydrogen-bond acceptors (Lipinski definition) is 4. The standard InChI is InChI=1S/C11H11N3O2S/c1-15-8-2-3-10-7(4-8)5-9(16-10)6-13-14-11(12)17/h2-6H,1H3,(H3,12,14,17)/b13-6-. The minimum absolute atomic E-state index is 0.110. The lowest BCUT2D eigenvalue weighted by atomic mass is 10.2. The normalized spacial score (nSPS) is 10.9. The quantitative estimate of drug-likeness (QED) is 0.491. The van der Waals surface area contributed by atoms with Crippen LogP contribution in [0, 0.1) is 0 Å². The number of nitrogens with one attached hydrogen (secondary N) is 1. The molecule has 0 aliphatic carbocycles. The molecule has 3 N–H and O–H groups in total. The van der Waals surface area contributed by atoms with Gasteiger partial charge in [-0.3, -0.25) is 5.43 Å². The third-order valence-corrected chi connectivity index (χ3v) is 2.20. The van der Waals surface area contributed by atoms with Crippen molar-refractivity contribution < 1.29 is 9.15 Å². The van der Waals surface area contributed by atoms with Crippen LogP contribution in [0.4, 0.5) is 0 Å². The van der Waals surface area contributed by atoms with Gasteiger partial charge >= 0.3 is 0 Å². The Balaban J connectivity index is 2.25. The van der Waals surface area contributed by atoms with Gasteiger partial charge in [0.2, 0.25) is 0 Å². The lowest BCUT2D eigenvalue weighted by molar-refractivity contribution is 0.415. The second-order valence-corrected chi connectivity index (χ2v) is 3.73. The Morgan fingerprint density at radius 1 is 1.53 bits per heavy atom. The molecular formula is C11H11N3O2S. The van der Waals surface area contributed by atoms with Crippen LogP contribution in [0.3, 0.4) is 0 Å². The Labute approximate surface area is 103 Å². The minimum Gasteiger partial charge on any atom is -0.497 e. The lowest BCUT2D eigenvalue weighted by Crippen LogP contribution is -2.23. The van der Waals surface area contributed by atoms with Crippen molar-refractivity contribution in [3.8, 4) is 5.75 Å². The van der Waals surface area contributed by atoms with Crippen LogP contribution in [-0.2, 0) is 0 Å². The van der Waals surface area contributed by atoms with Gasteiger partial charge in [-0.1, -0.05) is 0 Å². The zero-order chi connectivity index (χ0) is 12.3. The summed E-state index contributed by atoms with van der Waals surface area (Å²) in [5, 5.41) is 4.87. The van der Waals surface area contributed by atoms with Crippen LogP contribution in [-0.4, -0.2) is 18.4 Å². The number of methoxy groups -OCH3 is 1. The van der Waals surface area contributed by atoms with Gasteiger partial charge in [0.15, 0.2) is 5.11 Å². The molecule has 0 saturated carbocycles. The molecule has 0 spiro atoms. The van der Waals surface area contributed by atoms with E-state index in [-0.39, 0.29) is 5.11 Å². The molecule has 2 rings (SSSR count). The number of ether oxygens (including phenoxy) is 1. The number of nitrogens with zero attached hydrogens (tertiary/aromatic N) is 1. The summed E-state index contributed by atoms with van der Waals surface area (Å²) in [6.45, 7) is 0. The summed E-state index contributed by atoms with van der Waals surface area (Å²) in [5.41, 5.74) is 8.45. The number of hydrogen-bond donors (Lipinski definition) is 2. The highest BCUT2D eigenvalue weighted by Crippen LogP contribution is 2.23. The van der Waals surface area contributed by atoms with Crippen molar-refractivity contribution >= 4 is 34.5 Å². The second kappa shape index (κ2) is 4.84. The number of benzene rings is 1. The molecule has 1 aromatic carbocycles. The van der Waals surface area contributed by atoms with E-state index in [9.17, 15) is 0 Å². The van der Waals surface area contributed by atoms with E-state index in [0.717, 1.165) is 16.7 Å². The highest BCUT2D eigenvalue weighted by Gasteiger charge is 2.02. The maximum atomic E-state index is 5.52. The van der Waals surface area contributed by atoms with Gasteiger partial charge in [0.25, 0.3) is 0 Å². The molecule has 1 aromatic heterocycles. The van der Waals surface area contributed by atoms with Crippen LogP contribution in [0.15, 0.2) is 33.8 Å². The summed E-state index contributed by atoms with van der Waals surface area (Å²) in [4.78, 5) is 0. The van der Waals surface area contributed by atoms with Crippen LogP contribution < -0.4 is 15.9 Å². The fourth-order valence-corrected chi connectivity index (χ4v) is 1.44. The Bertz CT molecular complexity index is 577. The molecule has 1 heterocycles. The molecule has 0 aliphatic rings. The van der Waals surface area contributed by atoms with E-state index in [1.54, 1.807) is 7.11 Å². The summed E-state index contributed by atoms with van der Waals surface area (Å²) in [7, 11) is 1.62. The number of thiocarbonyl (C=S) groups is 1. The summed E-state index contributed by atoms with van der Waals surface area (Å²) in [5.74, 6) is 1.39. The topological polar surface area (TPSA) is 72.8 Å². The summed E-state index contributed by atoms with van der Waals surface area (Å²) < 4.78 is 10.6. The van der Waals surface area contributed by atoms with Gasteiger partial charge in [-0.2, -0.15) is 5.10 Å². The minimum atomic E-state index is 0.110. The number of fused-ring (bicyclic) bond motifs is 1. The van der Waals surface area contributed by atoms with Crippen molar-refractivity contribution in [2.45, 2.75) is 0 Å². The molecule has 88 valence electrons. The largest absolute Gasteiger partial charge is 0.497 e. The molecule has 0 bridgehead atoms. The van der Waals surface area contributed by atoms with Crippen molar-refractivity contribution in [1.29, 1.82) is 0 Å². The fraction of sp³-hybridized carbons (Fsp3) is 0.0909. The number of furan rings is 1. The van der Waals surface area contributed by atoms with Crippen LogP contribution in [0.25, 0.3) is 11.0 Å². The highest BCUT2D eigenvalue weighted by molar-refractivity contribution is 7.80. The van der Waals surface area contributed by atoms with Gasteiger partial charge in [0, 0.05) is 5.39 Å². The molecule has 0 atom stereocenters. The van der Waals surface area contributed by atoms with E-state index >= 15 is 0 Å². The van der Waals surface area contributed by atoms with Crippen molar-refractivity contribution in [1.82, 2.24) is 5.43 Å². The Kier molecular flexibility index (Phi) is 3.24. The van der Waals surface area contributed by atoms with Gasteiger partial charge in [0.05, 0.1) is 13.3 Å². The average molecular weight is 249 g/mol. The lowest BCUT2D eigenvalue weighted by Gasteiger charge is -1.96. The molecular weight excluding hydrogens is 238 g/mol. The summed E-state index contributed by atoms with van der Waals surface area (Å²) >= 11 is 4.61. The van der Waals surface area contributed by atoms with E-state index in [4.69, 9.17) is 14.9 Å². The zero-order valence-electron chi connectivity index (χ0n) is 9.14. The maximum Gasteiger partial charge on any atom is 0.184 e. The third kappa shape index (κ3) is 2.73. The third-order valence-electron chi connectivity index (χ3n) is 2.11. The van der Waals surface area contributed by atoms with Crippen molar-refractivity contribution in [2.75, 3.05) is 7.11 Å². The molecule has 6 heteroatoms. The Morgan fingerprint density at radius 3 is 3.06 bits per heavy atom. The highest BCUT2D eigenvalue weighted by atomic mass is 32.1. The molecule has 0 aliphatic heterocycles. The van der Waals surface area contributed by atoms with Crippen molar-refractivity contribution in [3.05, 3.63) is 30.0 Å². The van der Waals surface area contributed by atoms with E-state index in [1.165, 1.54) is 6.21 Å². The van der Waals surface area contributed by atoms with Crippen LogP contribution in [0.1, 0.15) is 5.76 Å². The molecule has 5 nitrogen and oxygen atoms in total. The first-order chi connectivity index (χ1) is 8.19. The van der Waals surface area contributed by atoms with E-state index in [1.807, 2.05) is 24.3 Å². The SMILES string of the molecule is COc1ccc2oc(/C=N\NC(N)=S)cc2c1. The predicted molar refractivity (Wildman–Crippen MR) is 70.3 cm³/mol. The van der Waals surface area contributed by atoms with Gasteiger partial charge < -0.3 is 14.9 Å². The van der Waals surface area contributed by atoms with Gasteiger partial charge in [-0.25, -0.2) is 0 Å². The first-order valence-corrected chi connectivity index (χ1v) is 5.26. The van der Waals surface area contributed by atoms with Crippen LogP contribution in [0.5, 0.6) is 5.75 Å². The smallest absolute Gasteiger partial charge is 0.184 e. The van der Waals surface area contributed by atoms with Gasteiger partial charge in [-0.15, -0.1) is 0 Å². The summed E-state index contributed by atoms with van der Waals surface area (Å²) in [6, 6.07) is 7.41. The monoisotopic (exact) mass is 249 g/mol. The predicted octanol–water partition coefficient (Wildman–Crippen LogP) is 1.61. The average Bonchev–Trinajstić information content (AvgIpc) is 2.69. The maximum absolute atomic E-state index is 5.52. The van der Waals surface area contributed by atoms with E-state index in [0.29, 0.717) is 5.76 Å². The molecule has 0 amide bonds. The van der Waals surface area contributed by atoms with Gasteiger partial charge in [-0.05, 0) is 36.5 Å². The van der Waals surface area contributed by atoms with E-state index < -0.39 is 0 Å². The molecule has 0 radical (unpaired) electrons. The molecule has 0 saturated heterocycles. The first kappa shape index (κ1) is 11.4.